The maximum Gasteiger partial charge on any atom is 0.229 e. The molecule has 1 heterocycles. The number of nitrogens with two attached hydrogens (primary N) is 1. The summed E-state index contributed by atoms with van der Waals surface area (Å²) < 4.78 is 0. The summed E-state index contributed by atoms with van der Waals surface area (Å²) in [5, 5.41) is 2.52. The lowest BCUT2D eigenvalue weighted by molar-refractivity contribution is -0.114. The van der Waals surface area contributed by atoms with Gasteiger partial charge in [0.15, 0.2) is 0 Å². The molecule has 0 radical (unpaired) electrons. The lowest BCUT2D eigenvalue weighted by Gasteiger charge is -2.08. The van der Waals surface area contributed by atoms with Crippen molar-refractivity contribution in [2.24, 2.45) is 5.73 Å². The first-order valence-electron chi connectivity index (χ1n) is 4.38. The van der Waals surface area contributed by atoms with E-state index in [4.69, 9.17) is 5.73 Å². The molecule has 0 fully saturated rings. The van der Waals surface area contributed by atoms with Gasteiger partial charge in [0.05, 0.1) is 5.69 Å². The highest BCUT2D eigenvalue weighted by molar-refractivity contribution is 5.86. The van der Waals surface area contributed by atoms with Crippen molar-refractivity contribution in [1.29, 1.82) is 0 Å². The monoisotopic (exact) mass is 230 g/mol. The second-order valence-corrected chi connectivity index (χ2v) is 3.23. The maximum absolute atomic E-state index is 10.8. The largest absolute Gasteiger partial charge is 0.323 e. The van der Waals surface area contributed by atoms with Gasteiger partial charge in [-0.1, -0.05) is 0 Å². The van der Waals surface area contributed by atoms with Gasteiger partial charge in [0, 0.05) is 18.7 Å². The zero-order valence-electron chi connectivity index (χ0n) is 8.94. The Labute approximate surface area is 94.9 Å². The van der Waals surface area contributed by atoms with E-state index >= 15 is 0 Å². The van der Waals surface area contributed by atoms with Gasteiger partial charge in [0.2, 0.25) is 11.9 Å². The number of rotatable bonds is 2. The molecule has 1 aromatic rings. The van der Waals surface area contributed by atoms with Gasteiger partial charge < -0.3 is 5.73 Å². The molecule has 0 bridgehead atoms. The summed E-state index contributed by atoms with van der Waals surface area (Å²) in [7, 11) is 0. The smallest absolute Gasteiger partial charge is 0.229 e. The van der Waals surface area contributed by atoms with Crippen LogP contribution in [0.2, 0.25) is 0 Å². The van der Waals surface area contributed by atoms with Crippen LogP contribution in [0, 0.1) is 6.92 Å². The molecule has 5 nitrogen and oxygen atoms in total. The normalized spacial score (nSPS) is 11.5. The van der Waals surface area contributed by atoms with Gasteiger partial charge in [-0.3, -0.25) is 10.1 Å². The van der Waals surface area contributed by atoms with Gasteiger partial charge in [-0.25, -0.2) is 9.97 Å². The zero-order valence-corrected chi connectivity index (χ0v) is 9.76. The Balaban J connectivity index is 0.00000196. The number of aromatic nitrogens is 2. The van der Waals surface area contributed by atoms with Crippen LogP contribution in [-0.2, 0) is 4.79 Å². The van der Waals surface area contributed by atoms with Gasteiger partial charge in [0.1, 0.15) is 0 Å². The molecular formula is C9H15ClN4O. The molecule has 0 aliphatic rings. The predicted octanol–water partition coefficient (Wildman–Crippen LogP) is 1.18. The van der Waals surface area contributed by atoms with E-state index in [9.17, 15) is 4.79 Å². The van der Waals surface area contributed by atoms with Crippen molar-refractivity contribution in [1.82, 2.24) is 9.97 Å². The predicted molar refractivity (Wildman–Crippen MR) is 60.9 cm³/mol. The van der Waals surface area contributed by atoms with Gasteiger partial charge in [-0.15, -0.1) is 12.4 Å². The van der Waals surface area contributed by atoms with Crippen molar-refractivity contribution in [2.45, 2.75) is 26.8 Å². The number of anilines is 1. The highest BCUT2D eigenvalue weighted by Gasteiger charge is 2.06. The van der Waals surface area contributed by atoms with Crippen molar-refractivity contribution in [3.8, 4) is 0 Å². The average Bonchev–Trinajstić information content (AvgIpc) is 2.01. The summed E-state index contributed by atoms with van der Waals surface area (Å²) in [6.45, 7) is 5.08. The first-order chi connectivity index (χ1) is 6.49. The Morgan fingerprint density at radius 1 is 1.53 bits per heavy atom. The van der Waals surface area contributed by atoms with E-state index in [2.05, 4.69) is 15.3 Å². The van der Waals surface area contributed by atoms with E-state index in [1.165, 1.54) is 6.92 Å². The Kier molecular flexibility index (Phi) is 5.18. The average molecular weight is 231 g/mol. The summed E-state index contributed by atoms with van der Waals surface area (Å²) in [5.74, 6) is 0.121. The third-order valence-electron chi connectivity index (χ3n) is 1.63. The first-order valence-corrected chi connectivity index (χ1v) is 4.38. The second kappa shape index (κ2) is 5.63. The zero-order chi connectivity index (χ0) is 10.7. The maximum atomic E-state index is 10.8. The van der Waals surface area contributed by atoms with Crippen LogP contribution in [0.5, 0.6) is 0 Å². The third-order valence-corrected chi connectivity index (χ3v) is 1.63. The Morgan fingerprint density at radius 2 is 2.13 bits per heavy atom. The second-order valence-electron chi connectivity index (χ2n) is 3.23. The highest BCUT2D eigenvalue weighted by Crippen LogP contribution is 2.10. The Morgan fingerprint density at radius 3 is 2.60 bits per heavy atom. The quantitative estimate of drug-likeness (QED) is 0.800. The number of nitrogens with zero attached hydrogens (tertiary/aromatic N) is 2. The Hall–Kier alpha value is -1.20. The van der Waals surface area contributed by atoms with E-state index in [-0.39, 0.29) is 24.4 Å². The number of halogens is 1. The molecule has 1 unspecified atom stereocenters. The van der Waals surface area contributed by atoms with E-state index in [0.717, 1.165) is 11.4 Å². The van der Waals surface area contributed by atoms with E-state index < -0.39 is 0 Å². The first kappa shape index (κ1) is 13.8. The summed E-state index contributed by atoms with van der Waals surface area (Å²) >= 11 is 0. The van der Waals surface area contributed by atoms with Crippen LogP contribution in [-0.4, -0.2) is 15.9 Å². The molecule has 0 aliphatic heterocycles. The number of carbonyl (C=O) groups excluding carboxylic acids is 1. The molecule has 6 heteroatoms. The lowest BCUT2D eigenvalue weighted by Crippen LogP contribution is -2.14. The molecule has 0 saturated carbocycles. The van der Waals surface area contributed by atoms with Gasteiger partial charge in [0.25, 0.3) is 0 Å². The van der Waals surface area contributed by atoms with Crippen LogP contribution in [0.15, 0.2) is 6.07 Å². The number of hydrogen-bond acceptors (Lipinski definition) is 4. The van der Waals surface area contributed by atoms with Crippen LogP contribution in [0.3, 0.4) is 0 Å². The summed E-state index contributed by atoms with van der Waals surface area (Å²) in [4.78, 5) is 18.9. The molecule has 3 N–H and O–H groups in total. The highest BCUT2D eigenvalue weighted by atomic mass is 35.5. The van der Waals surface area contributed by atoms with Crippen LogP contribution in [0.25, 0.3) is 0 Å². The van der Waals surface area contributed by atoms with Crippen molar-refractivity contribution < 1.29 is 4.79 Å². The molecule has 0 spiro atoms. The molecule has 15 heavy (non-hydrogen) atoms. The molecule has 1 rings (SSSR count). The standard InChI is InChI=1S/C9H14N4O.ClH/c1-5-4-8(6(2)10)13-9(11-5)12-7(3)14;/h4,6H,10H2,1-3H3,(H,11,12,13,14);1H. The van der Waals surface area contributed by atoms with Gasteiger partial charge >= 0.3 is 0 Å². The number of amides is 1. The number of nitrogens with one attached hydrogen (secondary N) is 1. The van der Waals surface area contributed by atoms with E-state index in [1.807, 2.05) is 13.8 Å². The fourth-order valence-electron chi connectivity index (χ4n) is 1.04. The minimum absolute atomic E-state index is 0. The molecule has 1 atom stereocenters. The van der Waals surface area contributed by atoms with Crippen molar-refractivity contribution in [3.05, 3.63) is 17.5 Å². The summed E-state index contributed by atoms with van der Waals surface area (Å²) in [6.07, 6.45) is 0. The van der Waals surface area contributed by atoms with E-state index in [1.54, 1.807) is 6.07 Å². The molecular weight excluding hydrogens is 216 g/mol. The minimum Gasteiger partial charge on any atom is -0.323 e. The van der Waals surface area contributed by atoms with Crippen LogP contribution in [0.1, 0.15) is 31.3 Å². The molecule has 1 aromatic heterocycles. The van der Waals surface area contributed by atoms with Crippen LogP contribution < -0.4 is 11.1 Å². The minimum atomic E-state index is -0.189. The SMILES string of the molecule is CC(=O)Nc1nc(C)cc(C(C)N)n1.Cl. The van der Waals surface area contributed by atoms with Crippen LogP contribution >= 0.6 is 12.4 Å². The van der Waals surface area contributed by atoms with Gasteiger partial charge in [-0.2, -0.15) is 0 Å². The molecule has 0 aliphatic carbocycles. The number of aryl methyl sites for hydroxylation is 1. The van der Waals surface area contributed by atoms with Crippen molar-refractivity contribution in [2.75, 3.05) is 5.32 Å². The Bertz CT molecular complexity index is 354. The number of hydrogen-bond donors (Lipinski definition) is 2. The van der Waals surface area contributed by atoms with Crippen molar-refractivity contribution >= 4 is 24.3 Å². The van der Waals surface area contributed by atoms with Crippen LogP contribution in [0.4, 0.5) is 5.95 Å². The fraction of sp³-hybridized carbons (Fsp3) is 0.444. The third kappa shape index (κ3) is 4.22. The number of carbonyl (C=O) groups is 1. The van der Waals surface area contributed by atoms with Gasteiger partial charge in [-0.05, 0) is 19.9 Å². The molecule has 0 saturated heterocycles. The topological polar surface area (TPSA) is 80.9 Å². The fourth-order valence-corrected chi connectivity index (χ4v) is 1.04. The molecule has 0 aromatic carbocycles. The summed E-state index contributed by atoms with van der Waals surface area (Å²) in [6, 6.07) is 1.64. The molecule has 1 amide bonds. The molecule has 84 valence electrons. The summed E-state index contributed by atoms with van der Waals surface area (Å²) in [5.41, 5.74) is 7.19. The van der Waals surface area contributed by atoms with E-state index in [0.29, 0.717) is 5.95 Å². The van der Waals surface area contributed by atoms with Crippen molar-refractivity contribution in [3.63, 3.8) is 0 Å². The lowest BCUT2D eigenvalue weighted by atomic mass is 10.2.